The largest absolute Gasteiger partial charge is 0.466 e. The van der Waals surface area contributed by atoms with Gasteiger partial charge in [-0.2, -0.15) is 0 Å². The Hall–Kier alpha value is -1.66. The lowest BCUT2D eigenvalue weighted by atomic mass is 9.88. The molecule has 2 atom stereocenters. The lowest BCUT2D eigenvalue weighted by molar-refractivity contribution is -0.143. The number of fused-ring (bicyclic) bond motifs is 8. The molecule has 11 heteroatoms. The quantitative estimate of drug-likeness (QED) is 0.364. The van der Waals surface area contributed by atoms with Gasteiger partial charge in [-0.1, -0.05) is 18.7 Å². The van der Waals surface area contributed by atoms with Gasteiger partial charge in [0, 0.05) is 29.0 Å². The number of hydrazine groups is 1. The van der Waals surface area contributed by atoms with Crippen LogP contribution in [0.1, 0.15) is 62.2 Å². The first-order valence-electron chi connectivity index (χ1n) is 10.8. The number of thioether (sulfide) groups is 1. The van der Waals surface area contributed by atoms with Crippen molar-refractivity contribution in [2.24, 2.45) is 0 Å². The molecule has 1 fully saturated rings. The van der Waals surface area contributed by atoms with Gasteiger partial charge in [-0.25, -0.2) is 9.99 Å². The van der Waals surface area contributed by atoms with Crippen LogP contribution in [0.2, 0.25) is 0 Å². The first-order valence-corrected chi connectivity index (χ1v) is 12.6. The summed E-state index contributed by atoms with van der Waals surface area (Å²) in [5.41, 5.74) is 5.99. The molecule has 3 aliphatic rings. The molecule has 0 amide bonds. The summed E-state index contributed by atoms with van der Waals surface area (Å²) < 4.78 is 13.4. The fourth-order valence-electron chi connectivity index (χ4n) is 4.29. The van der Waals surface area contributed by atoms with Crippen LogP contribution in [0.15, 0.2) is 5.16 Å². The zero-order valence-electron chi connectivity index (χ0n) is 18.1. The molecule has 3 aliphatic heterocycles. The number of hydrogen-bond donors (Lipinski definition) is 2. The number of hydrogen-bond acceptors (Lipinski definition) is 10. The molecule has 1 unspecified atom stereocenters. The fraction of sp³-hybridized carbons (Fsp3) is 0.650. The van der Waals surface area contributed by atoms with Crippen molar-refractivity contribution >= 4 is 35.0 Å². The molecule has 0 radical (unpaired) electrons. The van der Waals surface area contributed by atoms with Crippen molar-refractivity contribution in [1.82, 2.24) is 25.5 Å². The third-order valence-electron chi connectivity index (χ3n) is 6.14. The van der Waals surface area contributed by atoms with E-state index in [4.69, 9.17) is 9.47 Å². The standard InChI is InChI=1S/C20H28N6O3S2/c1-4-20(3)9-12-13(10-29-20)31-17-15(12)16-21-11-22-26(16)18-23-24-19(25(17)18)30-8-6-7-14(27)28-5-2/h16,21-22H,4-11H2,1-3H3/t16?,20-/m1/s1. The number of thiophene rings is 1. The minimum atomic E-state index is -0.145. The first-order chi connectivity index (χ1) is 15.0. The third-order valence-corrected chi connectivity index (χ3v) is 8.36. The Morgan fingerprint density at radius 3 is 3.10 bits per heavy atom. The molecule has 5 heterocycles. The molecule has 0 spiro atoms. The smallest absolute Gasteiger partial charge is 0.305 e. The molecule has 2 N–H and O–H groups in total. The lowest BCUT2D eigenvalue weighted by Crippen LogP contribution is -2.40. The molecule has 0 aliphatic carbocycles. The summed E-state index contributed by atoms with van der Waals surface area (Å²) in [6.45, 7) is 7.98. The van der Waals surface area contributed by atoms with Crippen LogP contribution in [0.3, 0.4) is 0 Å². The van der Waals surface area contributed by atoms with Crippen LogP contribution in [0.5, 0.6) is 0 Å². The van der Waals surface area contributed by atoms with Crippen LogP contribution in [-0.4, -0.2) is 45.4 Å². The van der Waals surface area contributed by atoms with E-state index in [9.17, 15) is 4.79 Å². The molecule has 0 saturated carbocycles. The van der Waals surface area contributed by atoms with Crippen molar-refractivity contribution in [3.63, 3.8) is 0 Å². The SMILES string of the molecule is CCOC(=O)CCCSc1nnc2n1-c1sc3c(c1C1NCNN21)C[C@@](C)(CC)OC3. The van der Waals surface area contributed by atoms with E-state index in [0.29, 0.717) is 26.3 Å². The van der Waals surface area contributed by atoms with E-state index < -0.39 is 0 Å². The molecule has 1 saturated heterocycles. The number of carbonyl (C=O) groups is 1. The number of esters is 1. The second-order valence-corrected chi connectivity index (χ2v) is 10.3. The molecule has 31 heavy (non-hydrogen) atoms. The van der Waals surface area contributed by atoms with Gasteiger partial charge in [0.1, 0.15) is 11.2 Å². The number of anilines is 1. The summed E-state index contributed by atoms with van der Waals surface area (Å²) in [4.78, 5) is 12.9. The van der Waals surface area contributed by atoms with Crippen LogP contribution in [0.4, 0.5) is 5.95 Å². The maximum absolute atomic E-state index is 11.6. The minimum absolute atomic E-state index is 0.0487. The van der Waals surface area contributed by atoms with Crippen molar-refractivity contribution in [3.8, 4) is 5.00 Å². The third kappa shape index (κ3) is 3.66. The number of ether oxygens (including phenoxy) is 2. The van der Waals surface area contributed by atoms with Crippen molar-refractivity contribution in [1.29, 1.82) is 0 Å². The summed E-state index contributed by atoms with van der Waals surface area (Å²) in [5.74, 6) is 1.44. The van der Waals surface area contributed by atoms with E-state index in [0.717, 1.165) is 36.1 Å². The van der Waals surface area contributed by atoms with Crippen LogP contribution >= 0.6 is 23.1 Å². The average Bonchev–Trinajstić information content (AvgIpc) is 3.47. The van der Waals surface area contributed by atoms with E-state index in [1.807, 2.05) is 6.92 Å². The number of aromatic nitrogens is 3. The summed E-state index contributed by atoms with van der Waals surface area (Å²) in [5, 5.41) is 16.7. The molecule has 0 bridgehead atoms. The van der Waals surface area contributed by atoms with Gasteiger partial charge >= 0.3 is 5.97 Å². The van der Waals surface area contributed by atoms with Gasteiger partial charge in [-0.3, -0.25) is 15.1 Å². The summed E-state index contributed by atoms with van der Waals surface area (Å²) in [7, 11) is 0. The van der Waals surface area contributed by atoms with Gasteiger partial charge in [0.15, 0.2) is 5.16 Å². The normalized spacial score (nSPS) is 23.8. The monoisotopic (exact) mass is 464 g/mol. The Balaban J connectivity index is 1.45. The van der Waals surface area contributed by atoms with E-state index in [-0.39, 0.29) is 17.7 Å². The maximum atomic E-state index is 11.6. The highest BCUT2D eigenvalue weighted by Crippen LogP contribution is 2.49. The molecule has 2 aromatic rings. The highest BCUT2D eigenvalue weighted by atomic mass is 32.2. The van der Waals surface area contributed by atoms with Crippen LogP contribution in [-0.2, 0) is 27.3 Å². The molecule has 2 aromatic heterocycles. The van der Waals surface area contributed by atoms with Gasteiger partial charge in [0.25, 0.3) is 0 Å². The highest BCUT2D eigenvalue weighted by molar-refractivity contribution is 7.99. The van der Waals surface area contributed by atoms with Gasteiger partial charge in [-0.05, 0) is 32.3 Å². The number of nitrogens with one attached hydrogen (secondary N) is 2. The van der Waals surface area contributed by atoms with Crippen LogP contribution < -0.4 is 15.8 Å². The van der Waals surface area contributed by atoms with E-state index in [2.05, 4.69) is 44.4 Å². The maximum Gasteiger partial charge on any atom is 0.305 e. The van der Waals surface area contributed by atoms with Crippen molar-refractivity contribution < 1.29 is 14.3 Å². The van der Waals surface area contributed by atoms with Crippen molar-refractivity contribution in [2.75, 3.05) is 24.0 Å². The number of rotatable bonds is 7. The Morgan fingerprint density at radius 2 is 2.29 bits per heavy atom. The lowest BCUT2D eigenvalue weighted by Gasteiger charge is -2.35. The zero-order chi connectivity index (χ0) is 21.6. The van der Waals surface area contributed by atoms with Crippen LogP contribution in [0, 0.1) is 0 Å². The van der Waals surface area contributed by atoms with Gasteiger partial charge in [-0.15, -0.1) is 21.5 Å². The predicted octanol–water partition coefficient (Wildman–Crippen LogP) is 2.89. The Bertz CT molecular complexity index is 992. The highest BCUT2D eigenvalue weighted by Gasteiger charge is 2.44. The molecule has 168 valence electrons. The van der Waals surface area contributed by atoms with Crippen molar-refractivity contribution in [2.45, 2.75) is 70.0 Å². The van der Waals surface area contributed by atoms with Gasteiger partial charge in [0.2, 0.25) is 5.95 Å². The number of carbonyl (C=O) groups excluding carboxylic acids is 1. The molecule has 9 nitrogen and oxygen atoms in total. The topological polar surface area (TPSA) is 93.5 Å². The molecular weight excluding hydrogens is 436 g/mol. The van der Waals surface area contributed by atoms with Gasteiger partial charge < -0.3 is 9.47 Å². The zero-order valence-corrected chi connectivity index (χ0v) is 19.7. The Labute approximate surface area is 189 Å². The summed E-state index contributed by atoms with van der Waals surface area (Å²) >= 11 is 3.42. The minimum Gasteiger partial charge on any atom is -0.466 e. The van der Waals surface area contributed by atoms with E-state index in [1.165, 1.54) is 21.0 Å². The molecule has 0 aromatic carbocycles. The van der Waals surface area contributed by atoms with E-state index >= 15 is 0 Å². The van der Waals surface area contributed by atoms with E-state index in [1.54, 1.807) is 23.1 Å². The second-order valence-electron chi connectivity index (χ2n) is 8.18. The number of nitrogens with zero attached hydrogens (tertiary/aromatic N) is 4. The average molecular weight is 465 g/mol. The second kappa shape index (κ2) is 8.36. The van der Waals surface area contributed by atoms with Gasteiger partial charge in [0.05, 0.1) is 25.5 Å². The Kier molecular flexibility index (Phi) is 5.72. The summed E-state index contributed by atoms with van der Waals surface area (Å²) in [6.07, 6.45) is 3.11. The van der Waals surface area contributed by atoms with Crippen LogP contribution in [0.25, 0.3) is 5.00 Å². The van der Waals surface area contributed by atoms with Crippen molar-refractivity contribution in [3.05, 3.63) is 16.0 Å². The fourth-order valence-corrected chi connectivity index (χ4v) is 6.48. The molecule has 5 rings (SSSR count). The predicted molar refractivity (Wildman–Crippen MR) is 119 cm³/mol. The first kappa shape index (κ1) is 21.2. The molecular formula is C20H28N6O3S2. The summed E-state index contributed by atoms with van der Waals surface area (Å²) in [6, 6.07) is 0. The Morgan fingerprint density at radius 1 is 1.42 bits per heavy atom.